The molecule has 2 amide bonds. The molecule has 32 heavy (non-hydrogen) atoms. The predicted octanol–water partition coefficient (Wildman–Crippen LogP) is 4.81. The Kier molecular flexibility index (Phi) is 6.12. The first-order chi connectivity index (χ1) is 15.6. The van der Waals surface area contributed by atoms with Gasteiger partial charge in [0.1, 0.15) is 17.2 Å². The van der Waals surface area contributed by atoms with Crippen molar-refractivity contribution in [1.29, 1.82) is 0 Å². The maximum Gasteiger partial charge on any atom is 0.271 e. The Balaban J connectivity index is 1.75. The number of benzene rings is 3. The SMILES string of the molecule is CCc1ocnc1/C=C(/C)NC(=O)/C(=C/c1c2ccccc2cc2ccccc12)NC=O. The molecule has 4 rings (SSSR count). The Morgan fingerprint density at radius 2 is 1.69 bits per heavy atom. The number of nitrogens with one attached hydrogen (secondary N) is 2. The first-order valence-electron chi connectivity index (χ1n) is 10.3. The molecule has 6 nitrogen and oxygen atoms in total. The number of rotatable bonds is 7. The Morgan fingerprint density at radius 1 is 1.03 bits per heavy atom. The van der Waals surface area contributed by atoms with Gasteiger partial charge in [0, 0.05) is 12.1 Å². The third-order valence-corrected chi connectivity index (χ3v) is 5.22. The van der Waals surface area contributed by atoms with Crippen molar-refractivity contribution in [1.82, 2.24) is 15.6 Å². The number of aromatic nitrogens is 1. The molecular weight excluding hydrogens is 402 g/mol. The molecule has 0 fully saturated rings. The van der Waals surface area contributed by atoms with E-state index in [-0.39, 0.29) is 5.70 Å². The van der Waals surface area contributed by atoms with Gasteiger partial charge in [0.15, 0.2) is 6.39 Å². The summed E-state index contributed by atoms with van der Waals surface area (Å²) in [7, 11) is 0. The van der Waals surface area contributed by atoms with E-state index >= 15 is 0 Å². The van der Waals surface area contributed by atoms with Crippen LogP contribution in [0.3, 0.4) is 0 Å². The minimum atomic E-state index is -0.426. The number of oxazole rings is 1. The molecular formula is C26H23N3O3. The van der Waals surface area contributed by atoms with E-state index in [1.54, 1.807) is 19.1 Å². The van der Waals surface area contributed by atoms with E-state index < -0.39 is 5.91 Å². The summed E-state index contributed by atoms with van der Waals surface area (Å²) in [6.45, 7) is 3.73. The maximum atomic E-state index is 13.0. The van der Waals surface area contributed by atoms with Gasteiger partial charge in [-0.2, -0.15) is 0 Å². The van der Waals surface area contributed by atoms with Gasteiger partial charge < -0.3 is 15.1 Å². The first kappa shape index (κ1) is 21.1. The third kappa shape index (κ3) is 4.30. The Morgan fingerprint density at radius 3 is 2.31 bits per heavy atom. The van der Waals surface area contributed by atoms with Crippen LogP contribution in [0.25, 0.3) is 33.7 Å². The Labute approximate surface area is 185 Å². The number of carbonyl (C=O) groups is 2. The lowest BCUT2D eigenvalue weighted by Gasteiger charge is -2.12. The van der Waals surface area contributed by atoms with Crippen LogP contribution >= 0.6 is 0 Å². The van der Waals surface area contributed by atoms with Crippen molar-refractivity contribution in [2.45, 2.75) is 20.3 Å². The highest BCUT2D eigenvalue weighted by atomic mass is 16.3. The lowest BCUT2D eigenvalue weighted by Crippen LogP contribution is -2.30. The molecule has 1 heterocycles. The summed E-state index contributed by atoms with van der Waals surface area (Å²) in [5, 5.41) is 9.47. The number of nitrogens with zero attached hydrogens (tertiary/aromatic N) is 1. The van der Waals surface area contributed by atoms with Crippen molar-refractivity contribution in [2.24, 2.45) is 0 Å². The quantitative estimate of drug-likeness (QED) is 0.253. The van der Waals surface area contributed by atoms with E-state index in [4.69, 9.17) is 4.42 Å². The van der Waals surface area contributed by atoms with Crippen LogP contribution in [-0.4, -0.2) is 17.3 Å². The lowest BCUT2D eigenvalue weighted by atomic mass is 9.96. The molecule has 1 aromatic heterocycles. The zero-order valence-corrected chi connectivity index (χ0v) is 17.9. The predicted molar refractivity (Wildman–Crippen MR) is 126 cm³/mol. The average Bonchev–Trinajstić information content (AvgIpc) is 3.25. The van der Waals surface area contributed by atoms with Crippen molar-refractivity contribution in [2.75, 3.05) is 0 Å². The molecule has 0 atom stereocenters. The second kappa shape index (κ2) is 9.31. The van der Waals surface area contributed by atoms with Gasteiger partial charge >= 0.3 is 0 Å². The van der Waals surface area contributed by atoms with E-state index in [0.29, 0.717) is 24.2 Å². The van der Waals surface area contributed by atoms with E-state index in [1.165, 1.54) is 6.39 Å². The summed E-state index contributed by atoms with van der Waals surface area (Å²) < 4.78 is 5.33. The van der Waals surface area contributed by atoms with Crippen LogP contribution < -0.4 is 10.6 Å². The molecule has 6 heteroatoms. The summed E-state index contributed by atoms with van der Waals surface area (Å²) in [6.07, 6.45) is 6.04. The largest absolute Gasteiger partial charge is 0.448 e. The monoisotopic (exact) mass is 425 g/mol. The van der Waals surface area contributed by atoms with Crippen molar-refractivity contribution in [3.8, 4) is 0 Å². The maximum absolute atomic E-state index is 13.0. The van der Waals surface area contributed by atoms with Gasteiger partial charge in [0.2, 0.25) is 6.41 Å². The highest BCUT2D eigenvalue weighted by Gasteiger charge is 2.13. The molecule has 0 aliphatic rings. The lowest BCUT2D eigenvalue weighted by molar-refractivity contribution is -0.118. The second-order valence-corrected chi connectivity index (χ2v) is 7.35. The van der Waals surface area contributed by atoms with Gasteiger partial charge in [0.25, 0.3) is 5.91 Å². The molecule has 0 bridgehead atoms. The van der Waals surface area contributed by atoms with Gasteiger partial charge in [-0.3, -0.25) is 9.59 Å². The fourth-order valence-corrected chi connectivity index (χ4v) is 3.73. The van der Waals surface area contributed by atoms with Gasteiger partial charge in [0.05, 0.1) is 0 Å². The third-order valence-electron chi connectivity index (χ3n) is 5.22. The van der Waals surface area contributed by atoms with E-state index in [0.717, 1.165) is 32.9 Å². The van der Waals surface area contributed by atoms with Gasteiger partial charge in [-0.1, -0.05) is 55.5 Å². The zero-order chi connectivity index (χ0) is 22.5. The molecule has 0 radical (unpaired) electrons. The number of aryl methyl sites for hydroxylation is 1. The highest BCUT2D eigenvalue weighted by Crippen LogP contribution is 2.30. The van der Waals surface area contributed by atoms with Crippen molar-refractivity contribution in [3.05, 3.63) is 89.4 Å². The summed E-state index contributed by atoms with van der Waals surface area (Å²) in [5.41, 5.74) is 2.26. The molecule has 0 aliphatic heterocycles. The van der Waals surface area contributed by atoms with Crippen molar-refractivity contribution < 1.29 is 14.0 Å². The van der Waals surface area contributed by atoms with Crippen molar-refractivity contribution in [3.63, 3.8) is 0 Å². The van der Waals surface area contributed by atoms with Crippen LogP contribution in [0.4, 0.5) is 0 Å². The number of fused-ring (bicyclic) bond motifs is 2. The number of hydrogen-bond acceptors (Lipinski definition) is 4. The smallest absolute Gasteiger partial charge is 0.271 e. The van der Waals surface area contributed by atoms with E-state index in [1.807, 2.05) is 55.5 Å². The number of amides is 2. The highest BCUT2D eigenvalue weighted by molar-refractivity contribution is 6.10. The topological polar surface area (TPSA) is 84.2 Å². The Bertz CT molecular complexity index is 1310. The molecule has 2 N–H and O–H groups in total. The molecule has 0 saturated heterocycles. The van der Waals surface area contributed by atoms with Crippen molar-refractivity contribution >= 4 is 46.0 Å². The number of allylic oxidation sites excluding steroid dienone is 1. The molecule has 3 aromatic carbocycles. The van der Waals surface area contributed by atoms with Crippen LogP contribution in [0.2, 0.25) is 0 Å². The average molecular weight is 425 g/mol. The number of hydrogen-bond donors (Lipinski definition) is 2. The van der Waals surface area contributed by atoms with E-state index in [9.17, 15) is 9.59 Å². The van der Waals surface area contributed by atoms with Crippen LogP contribution in [0, 0.1) is 0 Å². The molecule has 0 aliphatic carbocycles. The van der Waals surface area contributed by atoms with Crippen LogP contribution in [0.1, 0.15) is 30.9 Å². The minimum absolute atomic E-state index is 0.144. The summed E-state index contributed by atoms with van der Waals surface area (Å²) in [5.74, 6) is 0.312. The molecule has 0 saturated carbocycles. The fraction of sp³-hybridized carbons (Fsp3) is 0.115. The van der Waals surface area contributed by atoms with Gasteiger partial charge in [-0.05, 0) is 52.3 Å². The number of carbonyl (C=O) groups excluding carboxylic acids is 2. The Hall–Kier alpha value is -4.19. The summed E-state index contributed by atoms with van der Waals surface area (Å²) >= 11 is 0. The molecule has 160 valence electrons. The normalized spacial score (nSPS) is 12.2. The minimum Gasteiger partial charge on any atom is -0.448 e. The van der Waals surface area contributed by atoms with Gasteiger partial charge in [-0.15, -0.1) is 0 Å². The zero-order valence-electron chi connectivity index (χ0n) is 17.9. The van der Waals surface area contributed by atoms with E-state index in [2.05, 4.69) is 21.7 Å². The summed E-state index contributed by atoms with van der Waals surface area (Å²) in [4.78, 5) is 28.5. The summed E-state index contributed by atoms with van der Waals surface area (Å²) in [6, 6.07) is 18.1. The van der Waals surface area contributed by atoms with Crippen LogP contribution in [-0.2, 0) is 16.0 Å². The van der Waals surface area contributed by atoms with Gasteiger partial charge in [-0.25, -0.2) is 4.98 Å². The molecule has 0 spiro atoms. The molecule has 0 unspecified atom stereocenters. The first-order valence-corrected chi connectivity index (χ1v) is 10.3. The second-order valence-electron chi connectivity index (χ2n) is 7.35. The van der Waals surface area contributed by atoms with Crippen LogP contribution in [0.15, 0.2) is 76.8 Å². The standard InChI is InChI=1S/C26H23N3O3/c1-3-25-23(28-16-32-25)12-17(2)29-26(31)24(27-15-30)14-22-20-10-6-4-8-18(20)13-19-9-5-7-11-21(19)22/h4-16H,3H2,1-2H3,(H,27,30)(H,29,31)/b17-12-,24-14-. The molecule has 4 aromatic rings. The van der Waals surface area contributed by atoms with Crippen LogP contribution in [0.5, 0.6) is 0 Å². The fourth-order valence-electron chi connectivity index (χ4n) is 3.73.